The summed E-state index contributed by atoms with van der Waals surface area (Å²) in [5.41, 5.74) is -0.486. The number of alkyl halides is 6. The third-order valence-electron chi connectivity index (χ3n) is 3.63. The number of carbonyl (C=O) groups excluding carboxylic acids is 1. The Morgan fingerprint density at radius 3 is 2.23 bits per heavy atom. The van der Waals surface area contributed by atoms with Crippen LogP contribution in [0.15, 0.2) is 48.8 Å². The number of hydrogen-bond donors (Lipinski definition) is 1. The van der Waals surface area contributed by atoms with Gasteiger partial charge in [-0.3, -0.25) is 15.1 Å². The highest BCUT2D eigenvalue weighted by Crippen LogP contribution is 2.28. The van der Waals surface area contributed by atoms with Crippen molar-refractivity contribution >= 4 is 22.4 Å². The molecule has 3 rings (SSSR count). The Bertz CT molecular complexity index is 1010. The molecule has 0 radical (unpaired) electrons. The molecule has 1 N–H and O–H groups in total. The molecule has 0 fully saturated rings. The first kappa shape index (κ1) is 21.6. The number of hydrogen-bond acceptors (Lipinski definition) is 5. The van der Waals surface area contributed by atoms with Crippen molar-refractivity contribution in [2.24, 2.45) is 0 Å². The molecule has 0 aliphatic heterocycles. The highest BCUT2D eigenvalue weighted by atomic mass is 32.1. The fourth-order valence-corrected chi connectivity index (χ4v) is 3.16. The zero-order chi connectivity index (χ0) is 21.9. The van der Waals surface area contributed by atoms with Gasteiger partial charge in [-0.15, -0.1) is 24.5 Å². The molecule has 1 aromatic carbocycles. The molecular weight excluding hydrogens is 436 g/mol. The van der Waals surface area contributed by atoms with Crippen LogP contribution in [0.4, 0.5) is 31.5 Å². The molecule has 0 saturated carbocycles. The smallest absolute Gasteiger partial charge is 0.406 e. The van der Waals surface area contributed by atoms with Crippen molar-refractivity contribution < 1.29 is 35.9 Å². The molecule has 12 heteroatoms. The Morgan fingerprint density at radius 1 is 0.967 bits per heavy atom. The van der Waals surface area contributed by atoms with E-state index in [0.717, 1.165) is 23.6 Å². The highest BCUT2D eigenvalue weighted by Gasteiger charge is 2.32. The van der Waals surface area contributed by atoms with Gasteiger partial charge in [-0.05, 0) is 29.8 Å². The summed E-state index contributed by atoms with van der Waals surface area (Å²) in [6.45, 7) is 0. The topological polar surface area (TPSA) is 64.1 Å². The van der Waals surface area contributed by atoms with Crippen molar-refractivity contribution in [3.63, 3.8) is 0 Å². The summed E-state index contributed by atoms with van der Waals surface area (Å²) < 4.78 is 77.9. The van der Waals surface area contributed by atoms with E-state index in [1.165, 1.54) is 30.5 Å². The lowest BCUT2D eigenvalue weighted by Crippen LogP contribution is -2.17. The molecule has 0 aliphatic carbocycles. The highest BCUT2D eigenvalue weighted by molar-refractivity contribution is 7.15. The maximum atomic E-state index is 12.5. The Morgan fingerprint density at radius 2 is 1.67 bits per heavy atom. The molecular formula is C18H11F6N3O2S. The summed E-state index contributed by atoms with van der Waals surface area (Å²) in [5.74, 6) is -1.01. The van der Waals surface area contributed by atoms with E-state index in [4.69, 9.17) is 0 Å². The molecule has 0 atom stereocenters. The number of carbonyl (C=O) groups is 1. The zero-order valence-electron chi connectivity index (χ0n) is 14.7. The molecule has 0 aliphatic rings. The lowest BCUT2D eigenvalue weighted by molar-refractivity contribution is -0.274. The standard InChI is InChI=1S/C18H11F6N3O2S/c19-17(20,21)14-6-3-11(8-25-14)15(28)27-16-26-9-13(30-16)7-10-1-4-12(5-2-10)29-18(22,23)24/h1-6,8-9H,7H2,(H,26,27,28). The van der Waals surface area contributed by atoms with Crippen LogP contribution in [0, 0.1) is 0 Å². The SMILES string of the molecule is O=C(Nc1ncc(Cc2ccc(OC(F)(F)F)cc2)s1)c1ccc(C(F)(F)F)nc1. The van der Waals surface area contributed by atoms with E-state index >= 15 is 0 Å². The molecule has 30 heavy (non-hydrogen) atoms. The second-order valence-corrected chi connectivity index (χ2v) is 7.00. The number of aromatic nitrogens is 2. The lowest BCUT2D eigenvalue weighted by atomic mass is 10.1. The number of pyridine rings is 1. The molecule has 158 valence electrons. The van der Waals surface area contributed by atoms with Crippen LogP contribution in [-0.2, 0) is 12.6 Å². The molecule has 1 amide bonds. The van der Waals surface area contributed by atoms with Crippen LogP contribution in [0.3, 0.4) is 0 Å². The molecule has 0 bridgehead atoms. The Kier molecular flexibility index (Phi) is 5.97. The third-order valence-corrected chi connectivity index (χ3v) is 4.54. The van der Waals surface area contributed by atoms with Crippen molar-refractivity contribution in [1.29, 1.82) is 0 Å². The number of thiazole rings is 1. The summed E-state index contributed by atoms with van der Waals surface area (Å²) in [6, 6.07) is 7.01. The first-order valence-corrected chi connectivity index (χ1v) is 8.95. The van der Waals surface area contributed by atoms with E-state index in [9.17, 15) is 31.1 Å². The van der Waals surface area contributed by atoms with Crippen molar-refractivity contribution in [2.45, 2.75) is 19.0 Å². The molecule has 0 saturated heterocycles. The van der Waals surface area contributed by atoms with E-state index in [0.29, 0.717) is 22.9 Å². The van der Waals surface area contributed by atoms with E-state index < -0.39 is 24.1 Å². The van der Waals surface area contributed by atoms with Gasteiger partial charge >= 0.3 is 12.5 Å². The van der Waals surface area contributed by atoms with E-state index in [1.807, 2.05) is 0 Å². The van der Waals surface area contributed by atoms with Crippen LogP contribution in [0.5, 0.6) is 5.75 Å². The van der Waals surface area contributed by atoms with Gasteiger partial charge in [-0.1, -0.05) is 12.1 Å². The number of anilines is 1. The van der Waals surface area contributed by atoms with Gasteiger partial charge < -0.3 is 4.74 Å². The van der Waals surface area contributed by atoms with Crippen molar-refractivity contribution in [3.8, 4) is 5.75 Å². The largest absolute Gasteiger partial charge is 0.573 e. The maximum Gasteiger partial charge on any atom is 0.573 e. The fraction of sp³-hybridized carbons (Fsp3) is 0.167. The van der Waals surface area contributed by atoms with E-state index in [1.54, 1.807) is 0 Å². The number of ether oxygens (including phenoxy) is 1. The predicted octanol–water partition coefficient (Wildman–Crippen LogP) is 5.30. The summed E-state index contributed by atoms with van der Waals surface area (Å²) >= 11 is 1.12. The molecule has 0 unspecified atom stereocenters. The van der Waals surface area contributed by atoms with Gasteiger partial charge in [0.15, 0.2) is 5.13 Å². The van der Waals surface area contributed by atoms with Crippen molar-refractivity contribution in [1.82, 2.24) is 9.97 Å². The number of amides is 1. The number of benzene rings is 1. The first-order valence-electron chi connectivity index (χ1n) is 8.13. The van der Waals surface area contributed by atoms with Gasteiger partial charge in [0.05, 0.1) is 5.56 Å². The van der Waals surface area contributed by atoms with Gasteiger partial charge in [0.2, 0.25) is 0 Å². The molecule has 3 aromatic rings. The number of nitrogens with one attached hydrogen (secondary N) is 1. The Hall–Kier alpha value is -3.15. The van der Waals surface area contributed by atoms with Crippen LogP contribution in [0.2, 0.25) is 0 Å². The van der Waals surface area contributed by atoms with Crippen LogP contribution < -0.4 is 10.1 Å². The molecule has 0 spiro atoms. The van der Waals surface area contributed by atoms with E-state index in [-0.39, 0.29) is 16.4 Å². The first-order chi connectivity index (χ1) is 14.0. The second-order valence-electron chi connectivity index (χ2n) is 5.88. The van der Waals surface area contributed by atoms with Gasteiger partial charge in [-0.25, -0.2) is 4.98 Å². The minimum atomic E-state index is -4.77. The van der Waals surface area contributed by atoms with Crippen LogP contribution >= 0.6 is 11.3 Å². The van der Waals surface area contributed by atoms with Crippen molar-refractivity contribution in [2.75, 3.05) is 5.32 Å². The maximum absolute atomic E-state index is 12.5. The normalized spacial score (nSPS) is 11.9. The second kappa shape index (κ2) is 8.30. The summed E-state index contributed by atoms with van der Waals surface area (Å²) in [7, 11) is 0. The minimum absolute atomic E-state index is 0.0694. The van der Waals surface area contributed by atoms with Gasteiger partial charge in [0.1, 0.15) is 11.4 Å². The zero-order valence-corrected chi connectivity index (χ0v) is 15.5. The van der Waals surface area contributed by atoms with Crippen LogP contribution in [0.1, 0.15) is 26.5 Å². The summed E-state index contributed by atoms with van der Waals surface area (Å²) in [5, 5.41) is 2.67. The van der Waals surface area contributed by atoms with E-state index in [2.05, 4.69) is 20.0 Å². The lowest BCUT2D eigenvalue weighted by Gasteiger charge is -2.08. The predicted molar refractivity (Wildman–Crippen MR) is 95.2 cm³/mol. The molecule has 2 heterocycles. The summed E-state index contributed by atoms with van der Waals surface area (Å²) in [6.07, 6.45) is -6.73. The van der Waals surface area contributed by atoms with Crippen LogP contribution in [0.25, 0.3) is 0 Å². The fourth-order valence-electron chi connectivity index (χ4n) is 2.32. The molecule has 5 nitrogen and oxygen atoms in total. The van der Waals surface area contributed by atoms with Crippen LogP contribution in [-0.4, -0.2) is 22.2 Å². The molecule has 2 aromatic heterocycles. The third kappa shape index (κ3) is 5.92. The summed E-state index contributed by atoms with van der Waals surface area (Å²) in [4.78, 5) is 20.1. The van der Waals surface area contributed by atoms with Crippen molar-refractivity contribution in [3.05, 3.63) is 70.5 Å². The average Bonchev–Trinajstić information content (AvgIpc) is 3.08. The monoisotopic (exact) mass is 447 g/mol. The Balaban J connectivity index is 1.60. The average molecular weight is 447 g/mol. The number of halogens is 6. The Labute approximate surface area is 169 Å². The number of nitrogens with zero attached hydrogens (tertiary/aromatic N) is 2. The van der Waals surface area contributed by atoms with Gasteiger partial charge in [-0.2, -0.15) is 13.2 Å². The number of rotatable bonds is 5. The van der Waals surface area contributed by atoms with Gasteiger partial charge in [0.25, 0.3) is 5.91 Å². The minimum Gasteiger partial charge on any atom is -0.406 e. The quantitative estimate of drug-likeness (QED) is 0.540. The van der Waals surface area contributed by atoms with Gasteiger partial charge in [0, 0.05) is 23.7 Å².